The number of rotatable bonds is 9. The van der Waals surface area contributed by atoms with Crippen molar-refractivity contribution in [2.45, 2.75) is 26.3 Å². The second kappa shape index (κ2) is 9.46. The quantitative estimate of drug-likeness (QED) is 0.680. The summed E-state index contributed by atoms with van der Waals surface area (Å²) in [5.41, 5.74) is 1.18. The summed E-state index contributed by atoms with van der Waals surface area (Å²) in [5.74, 6) is 1.67. The molecule has 1 heterocycles. The van der Waals surface area contributed by atoms with Crippen LogP contribution in [0.25, 0.3) is 0 Å². The second-order valence-corrected chi connectivity index (χ2v) is 5.44. The molecule has 7 nitrogen and oxygen atoms in total. The van der Waals surface area contributed by atoms with Crippen molar-refractivity contribution < 1.29 is 14.3 Å². The maximum Gasteiger partial charge on any atom is 0.271 e. The number of benzene rings is 1. The Kier molecular flexibility index (Phi) is 7.00. The maximum absolute atomic E-state index is 12.2. The number of anilines is 1. The molecule has 0 aliphatic heterocycles. The van der Waals surface area contributed by atoms with E-state index in [0.717, 1.165) is 24.9 Å². The average Bonchev–Trinajstić information content (AvgIpc) is 2.66. The summed E-state index contributed by atoms with van der Waals surface area (Å²) in [5, 5.41) is 5.98. The van der Waals surface area contributed by atoms with E-state index in [1.807, 2.05) is 12.1 Å². The molecule has 25 heavy (non-hydrogen) atoms. The van der Waals surface area contributed by atoms with E-state index in [1.54, 1.807) is 26.5 Å². The standard InChI is InChI=1S/C18H24N4O3/c1-4-5-8-19-17-12-20-14(11-21-17)18(23)22-10-13-6-7-15(24-2)16(9-13)25-3/h6-7,9,11-12H,4-5,8,10H2,1-3H3,(H,19,21)(H,22,23). The summed E-state index contributed by atoms with van der Waals surface area (Å²) in [7, 11) is 3.16. The highest BCUT2D eigenvalue weighted by molar-refractivity contribution is 5.91. The predicted octanol–water partition coefficient (Wildman–Crippen LogP) is 2.64. The van der Waals surface area contributed by atoms with Gasteiger partial charge in [-0.3, -0.25) is 4.79 Å². The van der Waals surface area contributed by atoms with Gasteiger partial charge in [-0.15, -0.1) is 0 Å². The second-order valence-electron chi connectivity index (χ2n) is 5.44. The normalized spacial score (nSPS) is 10.2. The number of carbonyl (C=O) groups excluding carboxylic acids is 1. The number of aromatic nitrogens is 2. The fourth-order valence-electron chi connectivity index (χ4n) is 2.19. The van der Waals surface area contributed by atoms with E-state index in [9.17, 15) is 4.79 Å². The molecule has 0 spiro atoms. The highest BCUT2D eigenvalue weighted by Crippen LogP contribution is 2.27. The molecule has 2 aromatic rings. The molecule has 0 aliphatic rings. The van der Waals surface area contributed by atoms with Crippen LogP contribution in [0.15, 0.2) is 30.6 Å². The Balaban J connectivity index is 1.91. The van der Waals surface area contributed by atoms with Gasteiger partial charge in [0.25, 0.3) is 5.91 Å². The Labute approximate surface area is 147 Å². The smallest absolute Gasteiger partial charge is 0.271 e. The zero-order valence-electron chi connectivity index (χ0n) is 14.8. The van der Waals surface area contributed by atoms with Crippen molar-refractivity contribution in [3.05, 3.63) is 41.9 Å². The summed E-state index contributed by atoms with van der Waals surface area (Å²) in [4.78, 5) is 20.5. The van der Waals surface area contributed by atoms with Gasteiger partial charge >= 0.3 is 0 Å². The molecule has 1 aromatic carbocycles. The van der Waals surface area contributed by atoms with Gasteiger partial charge in [0.05, 0.1) is 26.6 Å². The maximum atomic E-state index is 12.2. The lowest BCUT2D eigenvalue weighted by Crippen LogP contribution is -2.24. The lowest BCUT2D eigenvalue weighted by atomic mass is 10.2. The third-order valence-electron chi connectivity index (χ3n) is 3.62. The number of ether oxygens (including phenoxy) is 2. The summed E-state index contributed by atoms with van der Waals surface area (Å²) < 4.78 is 10.5. The van der Waals surface area contributed by atoms with E-state index in [1.165, 1.54) is 6.20 Å². The molecule has 2 rings (SSSR count). The summed E-state index contributed by atoms with van der Waals surface area (Å²) in [6, 6.07) is 5.50. The lowest BCUT2D eigenvalue weighted by molar-refractivity contribution is 0.0945. The van der Waals surface area contributed by atoms with Crippen LogP contribution in [0.5, 0.6) is 11.5 Å². The van der Waals surface area contributed by atoms with Crippen LogP contribution in [0.4, 0.5) is 5.82 Å². The molecule has 0 aliphatic carbocycles. The first-order chi connectivity index (χ1) is 12.2. The molecule has 0 bridgehead atoms. The van der Waals surface area contributed by atoms with Crippen molar-refractivity contribution in [3.63, 3.8) is 0 Å². The molecular formula is C18H24N4O3. The first kappa shape index (κ1) is 18.5. The van der Waals surface area contributed by atoms with Crippen molar-refractivity contribution in [2.75, 3.05) is 26.1 Å². The molecule has 0 saturated carbocycles. The van der Waals surface area contributed by atoms with Crippen LogP contribution in [-0.2, 0) is 6.54 Å². The fourth-order valence-corrected chi connectivity index (χ4v) is 2.19. The Hall–Kier alpha value is -2.83. The van der Waals surface area contributed by atoms with E-state index in [-0.39, 0.29) is 11.6 Å². The number of carbonyl (C=O) groups is 1. The van der Waals surface area contributed by atoms with Gasteiger partial charge in [0, 0.05) is 13.1 Å². The van der Waals surface area contributed by atoms with Crippen molar-refractivity contribution in [1.29, 1.82) is 0 Å². The van der Waals surface area contributed by atoms with Gasteiger partial charge in [-0.2, -0.15) is 0 Å². The minimum absolute atomic E-state index is 0.276. The van der Waals surface area contributed by atoms with E-state index in [4.69, 9.17) is 9.47 Å². The van der Waals surface area contributed by atoms with Gasteiger partial charge in [0.2, 0.25) is 0 Å². The molecule has 0 atom stereocenters. The van der Waals surface area contributed by atoms with E-state index in [0.29, 0.717) is 23.9 Å². The zero-order valence-corrected chi connectivity index (χ0v) is 14.8. The van der Waals surface area contributed by atoms with Gasteiger partial charge < -0.3 is 20.1 Å². The van der Waals surface area contributed by atoms with Crippen molar-refractivity contribution in [1.82, 2.24) is 15.3 Å². The zero-order chi connectivity index (χ0) is 18.1. The summed E-state index contributed by atoms with van der Waals surface area (Å²) >= 11 is 0. The molecule has 7 heteroatoms. The molecule has 1 aromatic heterocycles. The van der Waals surface area contributed by atoms with E-state index < -0.39 is 0 Å². The van der Waals surface area contributed by atoms with E-state index >= 15 is 0 Å². The van der Waals surface area contributed by atoms with Crippen molar-refractivity contribution >= 4 is 11.7 Å². The number of hydrogen-bond donors (Lipinski definition) is 2. The van der Waals surface area contributed by atoms with Crippen LogP contribution in [0.3, 0.4) is 0 Å². The topological polar surface area (TPSA) is 85.4 Å². The number of hydrogen-bond acceptors (Lipinski definition) is 6. The summed E-state index contributed by atoms with van der Waals surface area (Å²) in [6.45, 7) is 3.33. The highest BCUT2D eigenvalue weighted by Gasteiger charge is 2.09. The number of methoxy groups -OCH3 is 2. The minimum Gasteiger partial charge on any atom is -0.493 e. The highest BCUT2D eigenvalue weighted by atomic mass is 16.5. The van der Waals surface area contributed by atoms with Gasteiger partial charge in [-0.1, -0.05) is 19.4 Å². The molecule has 0 radical (unpaired) electrons. The fraction of sp³-hybridized carbons (Fsp3) is 0.389. The average molecular weight is 344 g/mol. The SMILES string of the molecule is CCCCNc1cnc(C(=O)NCc2ccc(OC)c(OC)c2)cn1. The Morgan fingerprint density at radius 1 is 1.12 bits per heavy atom. The first-order valence-electron chi connectivity index (χ1n) is 8.23. The van der Waals surface area contributed by atoms with Crippen LogP contribution >= 0.6 is 0 Å². The van der Waals surface area contributed by atoms with Crippen molar-refractivity contribution in [3.8, 4) is 11.5 Å². The Morgan fingerprint density at radius 3 is 2.56 bits per heavy atom. The van der Waals surface area contributed by atoms with Crippen LogP contribution in [0.1, 0.15) is 35.8 Å². The van der Waals surface area contributed by atoms with Crippen LogP contribution in [0, 0.1) is 0 Å². The third kappa shape index (κ3) is 5.34. The molecule has 1 amide bonds. The molecule has 134 valence electrons. The molecule has 2 N–H and O–H groups in total. The monoisotopic (exact) mass is 344 g/mol. The summed E-state index contributed by atoms with van der Waals surface area (Å²) in [6.07, 6.45) is 5.21. The number of amides is 1. The third-order valence-corrected chi connectivity index (χ3v) is 3.62. The Bertz CT molecular complexity index is 689. The Morgan fingerprint density at radius 2 is 1.92 bits per heavy atom. The molecule has 0 fully saturated rings. The van der Waals surface area contributed by atoms with Gasteiger partial charge in [-0.05, 0) is 24.1 Å². The van der Waals surface area contributed by atoms with Gasteiger partial charge in [0.15, 0.2) is 11.5 Å². The number of unbranched alkanes of at least 4 members (excludes halogenated alkanes) is 1. The number of nitrogens with one attached hydrogen (secondary N) is 2. The van der Waals surface area contributed by atoms with Crippen molar-refractivity contribution in [2.24, 2.45) is 0 Å². The number of nitrogens with zero attached hydrogens (tertiary/aromatic N) is 2. The molecule has 0 unspecified atom stereocenters. The lowest BCUT2D eigenvalue weighted by Gasteiger charge is -2.10. The predicted molar refractivity (Wildman–Crippen MR) is 96.1 cm³/mol. The molecular weight excluding hydrogens is 320 g/mol. The van der Waals surface area contributed by atoms with E-state index in [2.05, 4.69) is 27.5 Å². The van der Waals surface area contributed by atoms with Crippen LogP contribution in [-0.4, -0.2) is 36.6 Å². The van der Waals surface area contributed by atoms with Gasteiger partial charge in [-0.25, -0.2) is 9.97 Å². The minimum atomic E-state index is -0.276. The van der Waals surface area contributed by atoms with Crippen LogP contribution in [0.2, 0.25) is 0 Å². The molecule has 0 saturated heterocycles. The largest absolute Gasteiger partial charge is 0.493 e. The van der Waals surface area contributed by atoms with Crippen LogP contribution < -0.4 is 20.1 Å². The first-order valence-corrected chi connectivity index (χ1v) is 8.23. The van der Waals surface area contributed by atoms with Gasteiger partial charge in [0.1, 0.15) is 11.5 Å².